The van der Waals surface area contributed by atoms with Gasteiger partial charge in [-0.25, -0.2) is 0 Å². The summed E-state index contributed by atoms with van der Waals surface area (Å²) in [5, 5.41) is 3.28. The normalized spacial score (nSPS) is 27.2. The fraction of sp³-hybridized carbons (Fsp3) is 0.533. The van der Waals surface area contributed by atoms with Gasteiger partial charge in [0.15, 0.2) is 5.78 Å². The van der Waals surface area contributed by atoms with Gasteiger partial charge in [-0.05, 0) is 37.4 Å². The molecule has 1 aromatic carbocycles. The topological polar surface area (TPSA) is 38.3 Å². The van der Waals surface area contributed by atoms with Crippen molar-refractivity contribution in [3.05, 3.63) is 29.8 Å². The Morgan fingerprint density at radius 2 is 2.17 bits per heavy atom. The van der Waals surface area contributed by atoms with Crippen LogP contribution in [0.5, 0.6) is 5.75 Å². The molecule has 1 N–H and O–H groups in total. The van der Waals surface area contributed by atoms with Gasteiger partial charge < -0.3 is 10.1 Å². The first-order chi connectivity index (χ1) is 8.74. The molecule has 0 amide bonds. The summed E-state index contributed by atoms with van der Waals surface area (Å²) in [6.45, 7) is 3.87. The lowest BCUT2D eigenvalue weighted by Crippen LogP contribution is -2.21. The van der Waals surface area contributed by atoms with Crippen molar-refractivity contribution in [2.24, 2.45) is 11.8 Å². The number of nitrogens with one attached hydrogen (secondary N) is 1. The van der Waals surface area contributed by atoms with Gasteiger partial charge in [0.25, 0.3) is 0 Å². The highest BCUT2D eigenvalue weighted by molar-refractivity contribution is 5.98. The van der Waals surface area contributed by atoms with E-state index < -0.39 is 0 Å². The molecule has 3 heteroatoms. The fourth-order valence-corrected chi connectivity index (χ4v) is 2.48. The molecule has 2 fully saturated rings. The van der Waals surface area contributed by atoms with Gasteiger partial charge in [-0.15, -0.1) is 0 Å². The second kappa shape index (κ2) is 4.73. The molecule has 1 aliphatic carbocycles. The Bertz CT molecular complexity index is 454. The average molecular weight is 245 g/mol. The fourth-order valence-electron chi connectivity index (χ4n) is 2.48. The van der Waals surface area contributed by atoms with Gasteiger partial charge in [-0.3, -0.25) is 4.79 Å². The summed E-state index contributed by atoms with van der Waals surface area (Å²) in [6.07, 6.45) is 2.66. The highest BCUT2D eigenvalue weighted by Crippen LogP contribution is 2.28. The van der Waals surface area contributed by atoms with Crippen molar-refractivity contribution in [3.8, 4) is 5.75 Å². The van der Waals surface area contributed by atoms with Gasteiger partial charge in [0.05, 0.1) is 6.10 Å². The summed E-state index contributed by atoms with van der Waals surface area (Å²) in [4.78, 5) is 12.4. The SMILES string of the molecule is CC1CNCC1C(=O)c1cccc(OC2CC2)c1. The van der Waals surface area contributed by atoms with E-state index >= 15 is 0 Å². The third-order valence-electron chi connectivity index (χ3n) is 3.80. The van der Waals surface area contributed by atoms with Crippen LogP contribution in [0.2, 0.25) is 0 Å². The molecule has 18 heavy (non-hydrogen) atoms. The van der Waals surface area contributed by atoms with E-state index in [9.17, 15) is 4.79 Å². The maximum atomic E-state index is 12.4. The minimum absolute atomic E-state index is 0.112. The minimum atomic E-state index is 0.112. The van der Waals surface area contributed by atoms with Gasteiger partial charge in [-0.1, -0.05) is 19.1 Å². The summed E-state index contributed by atoms with van der Waals surface area (Å²) >= 11 is 0. The number of ketones is 1. The van der Waals surface area contributed by atoms with Crippen molar-refractivity contribution < 1.29 is 9.53 Å². The number of rotatable bonds is 4. The lowest BCUT2D eigenvalue weighted by Gasteiger charge is -2.13. The van der Waals surface area contributed by atoms with E-state index in [0.717, 1.165) is 37.2 Å². The number of hydrogen-bond acceptors (Lipinski definition) is 3. The summed E-state index contributed by atoms with van der Waals surface area (Å²) in [5.74, 6) is 1.61. The predicted octanol–water partition coefficient (Wildman–Crippen LogP) is 2.27. The Kier molecular flexibility index (Phi) is 3.08. The molecule has 2 atom stereocenters. The van der Waals surface area contributed by atoms with Crippen LogP contribution in [0.4, 0.5) is 0 Å². The van der Waals surface area contributed by atoms with E-state index in [4.69, 9.17) is 4.74 Å². The third-order valence-corrected chi connectivity index (χ3v) is 3.80. The smallest absolute Gasteiger partial charge is 0.167 e. The van der Waals surface area contributed by atoms with Crippen LogP contribution < -0.4 is 10.1 Å². The molecule has 1 aromatic rings. The number of Topliss-reactive ketones (excluding diaryl/α,β-unsaturated/α-hetero) is 1. The molecule has 0 aromatic heterocycles. The monoisotopic (exact) mass is 245 g/mol. The van der Waals surface area contributed by atoms with Gasteiger partial charge in [0.2, 0.25) is 0 Å². The van der Waals surface area contributed by atoms with Crippen molar-refractivity contribution in [2.45, 2.75) is 25.9 Å². The van der Waals surface area contributed by atoms with Crippen molar-refractivity contribution in [1.82, 2.24) is 5.32 Å². The van der Waals surface area contributed by atoms with E-state index in [0.29, 0.717) is 12.0 Å². The van der Waals surface area contributed by atoms with E-state index in [2.05, 4.69) is 12.2 Å². The number of hydrogen-bond donors (Lipinski definition) is 1. The van der Waals surface area contributed by atoms with Gasteiger partial charge >= 0.3 is 0 Å². The zero-order chi connectivity index (χ0) is 12.5. The van der Waals surface area contributed by atoms with Crippen LogP contribution in [0.3, 0.4) is 0 Å². The average Bonchev–Trinajstić information content (AvgIpc) is 3.08. The second-order valence-corrected chi connectivity index (χ2v) is 5.45. The van der Waals surface area contributed by atoms with E-state index in [1.807, 2.05) is 24.3 Å². The summed E-state index contributed by atoms with van der Waals surface area (Å²) in [7, 11) is 0. The molecule has 3 rings (SSSR count). The van der Waals surface area contributed by atoms with Crippen molar-refractivity contribution in [1.29, 1.82) is 0 Å². The van der Waals surface area contributed by atoms with Crippen molar-refractivity contribution in [3.63, 3.8) is 0 Å². The van der Waals surface area contributed by atoms with Crippen LogP contribution in [0.15, 0.2) is 24.3 Å². The lowest BCUT2D eigenvalue weighted by atomic mass is 9.90. The zero-order valence-electron chi connectivity index (χ0n) is 10.7. The molecule has 2 aliphatic rings. The number of carbonyl (C=O) groups is 1. The van der Waals surface area contributed by atoms with E-state index in [-0.39, 0.29) is 11.7 Å². The Hall–Kier alpha value is -1.35. The van der Waals surface area contributed by atoms with Crippen LogP contribution in [-0.2, 0) is 0 Å². The summed E-state index contributed by atoms with van der Waals surface area (Å²) < 4.78 is 5.74. The third kappa shape index (κ3) is 2.41. The van der Waals surface area contributed by atoms with Crippen LogP contribution in [0, 0.1) is 11.8 Å². The molecule has 1 saturated carbocycles. The first-order valence-corrected chi connectivity index (χ1v) is 6.75. The first kappa shape index (κ1) is 11.7. The molecular formula is C15H19NO2. The Morgan fingerprint density at radius 1 is 1.33 bits per heavy atom. The van der Waals surface area contributed by atoms with Crippen LogP contribution in [0.25, 0.3) is 0 Å². The summed E-state index contributed by atoms with van der Waals surface area (Å²) in [6, 6.07) is 7.64. The lowest BCUT2D eigenvalue weighted by molar-refractivity contribution is 0.0907. The quantitative estimate of drug-likeness (QED) is 0.827. The van der Waals surface area contributed by atoms with Crippen LogP contribution >= 0.6 is 0 Å². The molecule has 0 bridgehead atoms. The highest BCUT2D eigenvalue weighted by Gasteiger charge is 2.30. The van der Waals surface area contributed by atoms with Gasteiger partial charge in [-0.2, -0.15) is 0 Å². The van der Waals surface area contributed by atoms with Crippen LogP contribution in [-0.4, -0.2) is 25.0 Å². The molecule has 1 aliphatic heterocycles. The van der Waals surface area contributed by atoms with E-state index in [1.54, 1.807) is 0 Å². The molecular weight excluding hydrogens is 226 g/mol. The number of benzene rings is 1. The largest absolute Gasteiger partial charge is 0.490 e. The molecule has 0 radical (unpaired) electrons. The second-order valence-electron chi connectivity index (χ2n) is 5.45. The molecule has 1 heterocycles. The molecule has 1 saturated heterocycles. The maximum Gasteiger partial charge on any atom is 0.167 e. The Labute approximate surface area is 108 Å². The van der Waals surface area contributed by atoms with Gasteiger partial charge in [0.1, 0.15) is 5.75 Å². The molecule has 0 spiro atoms. The number of carbonyl (C=O) groups excluding carboxylic acids is 1. The summed E-state index contributed by atoms with van der Waals surface area (Å²) in [5.41, 5.74) is 0.786. The van der Waals surface area contributed by atoms with Crippen molar-refractivity contribution in [2.75, 3.05) is 13.1 Å². The van der Waals surface area contributed by atoms with E-state index in [1.165, 1.54) is 0 Å². The maximum absolute atomic E-state index is 12.4. The molecule has 96 valence electrons. The minimum Gasteiger partial charge on any atom is -0.490 e. The Morgan fingerprint density at radius 3 is 2.83 bits per heavy atom. The molecule has 3 nitrogen and oxygen atoms in total. The number of ether oxygens (including phenoxy) is 1. The standard InChI is InChI=1S/C15H19NO2/c1-10-8-16-9-14(10)15(17)11-3-2-4-13(7-11)18-12-5-6-12/h2-4,7,10,12,14,16H,5-6,8-9H2,1H3. The van der Waals surface area contributed by atoms with Gasteiger partial charge in [0, 0.05) is 18.0 Å². The first-order valence-electron chi connectivity index (χ1n) is 6.75. The molecule has 2 unspecified atom stereocenters. The predicted molar refractivity (Wildman–Crippen MR) is 69.9 cm³/mol. The Balaban J connectivity index is 1.75. The van der Waals surface area contributed by atoms with Crippen LogP contribution in [0.1, 0.15) is 30.1 Å². The highest BCUT2D eigenvalue weighted by atomic mass is 16.5. The van der Waals surface area contributed by atoms with Crippen molar-refractivity contribution >= 4 is 5.78 Å². The zero-order valence-corrected chi connectivity index (χ0v) is 10.7.